The van der Waals surface area contributed by atoms with Crippen LogP contribution in [-0.4, -0.2) is 44.6 Å². The molecule has 1 N–H and O–H groups in total. The molecule has 0 atom stereocenters. The molecule has 1 aliphatic rings. The summed E-state index contributed by atoms with van der Waals surface area (Å²) in [4.78, 5) is 26.4. The van der Waals surface area contributed by atoms with Crippen LogP contribution in [0, 0.1) is 5.92 Å². The molecule has 38 heavy (non-hydrogen) atoms. The zero-order valence-electron chi connectivity index (χ0n) is 21.6. The minimum absolute atomic E-state index is 0.138. The fraction of sp³-hybridized carbons (Fsp3) is 0.310. The first kappa shape index (κ1) is 27.8. The van der Waals surface area contributed by atoms with Crippen LogP contribution in [-0.2, 0) is 14.8 Å². The Morgan fingerprint density at radius 2 is 1.68 bits per heavy atom. The SMILES string of the molecule is COc1ccc(C(C)C)cc1S(=O)(=O)N1CCC(C(=O)Nc2ccc(Cl)cc2C(=O)c2ccccc2)CC1. The molecule has 9 heteroatoms. The van der Waals surface area contributed by atoms with Crippen molar-refractivity contribution in [3.05, 3.63) is 88.4 Å². The molecule has 1 heterocycles. The first-order chi connectivity index (χ1) is 18.1. The van der Waals surface area contributed by atoms with E-state index in [9.17, 15) is 18.0 Å². The van der Waals surface area contributed by atoms with Gasteiger partial charge in [-0.15, -0.1) is 0 Å². The highest BCUT2D eigenvalue weighted by atomic mass is 35.5. The second kappa shape index (κ2) is 11.7. The highest BCUT2D eigenvalue weighted by Crippen LogP contribution is 2.33. The van der Waals surface area contributed by atoms with Crippen molar-refractivity contribution in [2.45, 2.75) is 37.5 Å². The summed E-state index contributed by atoms with van der Waals surface area (Å²) >= 11 is 6.16. The van der Waals surface area contributed by atoms with E-state index >= 15 is 0 Å². The Kier molecular flexibility index (Phi) is 8.55. The van der Waals surface area contributed by atoms with Gasteiger partial charge in [0.25, 0.3) is 0 Å². The van der Waals surface area contributed by atoms with Crippen molar-refractivity contribution in [3.8, 4) is 5.75 Å². The predicted molar refractivity (Wildman–Crippen MR) is 149 cm³/mol. The molecular formula is C29H31ClN2O5S. The second-order valence-electron chi connectivity index (χ2n) is 9.62. The van der Waals surface area contributed by atoms with Crippen LogP contribution in [0.3, 0.4) is 0 Å². The van der Waals surface area contributed by atoms with Crippen LogP contribution in [0.1, 0.15) is 54.1 Å². The van der Waals surface area contributed by atoms with Crippen LogP contribution in [0.2, 0.25) is 5.02 Å². The van der Waals surface area contributed by atoms with Crippen LogP contribution in [0.15, 0.2) is 71.6 Å². The summed E-state index contributed by atoms with van der Waals surface area (Å²) in [6, 6.07) is 18.8. The van der Waals surface area contributed by atoms with Gasteiger partial charge in [0.1, 0.15) is 10.6 Å². The van der Waals surface area contributed by atoms with Gasteiger partial charge in [-0.3, -0.25) is 9.59 Å². The van der Waals surface area contributed by atoms with Gasteiger partial charge in [0.2, 0.25) is 15.9 Å². The molecule has 0 bridgehead atoms. The molecule has 0 radical (unpaired) electrons. The van der Waals surface area contributed by atoms with E-state index in [1.54, 1.807) is 54.6 Å². The lowest BCUT2D eigenvalue weighted by Crippen LogP contribution is -2.41. The summed E-state index contributed by atoms with van der Waals surface area (Å²) < 4.78 is 33.7. The minimum atomic E-state index is -3.80. The third kappa shape index (κ3) is 5.93. The Labute approximate surface area is 228 Å². The molecule has 1 amide bonds. The highest BCUT2D eigenvalue weighted by Gasteiger charge is 2.34. The van der Waals surface area contributed by atoms with E-state index in [0.717, 1.165) is 5.56 Å². The second-order valence-corrected chi connectivity index (χ2v) is 12.0. The first-order valence-corrected chi connectivity index (χ1v) is 14.3. The molecule has 3 aromatic carbocycles. The normalized spacial score (nSPS) is 14.9. The number of benzene rings is 3. The average molecular weight is 555 g/mol. The molecule has 4 rings (SSSR count). The van der Waals surface area contributed by atoms with Crippen LogP contribution < -0.4 is 10.1 Å². The number of anilines is 1. The maximum absolute atomic E-state index is 13.5. The number of carbonyl (C=O) groups excluding carboxylic acids is 2. The van der Waals surface area contributed by atoms with Crippen molar-refractivity contribution in [2.24, 2.45) is 5.92 Å². The van der Waals surface area contributed by atoms with Gasteiger partial charge in [0, 0.05) is 35.2 Å². The smallest absolute Gasteiger partial charge is 0.246 e. The fourth-order valence-corrected chi connectivity index (χ4v) is 6.38. The van der Waals surface area contributed by atoms with Crippen molar-refractivity contribution in [1.82, 2.24) is 4.31 Å². The number of piperidine rings is 1. The van der Waals surface area contributed by atoms with Crippen molar-refractivity contribution >= 4 is 39.0 Å². The van der Waals surface area contributed by atoms with Gasteiger partial charge in [-0.05, 0) is 54.7 Å². The third-order valence-electron chi connectivity index (χ3n) is 6.82. The molecule has 1 saturated heterocycles. The minimum Gasteiger partial charge on any atom is -0.495 e. The number of amides is 1. The maximum Gasteiger partial charge on any atom is 0.246 e. The molecule has 7 nitrogen and oxygen atoms in total. The number of sulfonamides is 1. The molecule has 0 spiro atoms. The molecular weight excluding hydrogens is 524 g/mol. The number of methoxy groups -OCH3 is 1. The van der Waals surface area contributed by atoms with Gasteiger partial charge in [-0.25, -0.2) is 8.42 Å². The summed E-state index contributed by atoms with van der Waals surface area (Å²) in [5, 5.41) is 3.26. The van der Waals surface area contributed by atoms with Crippen molar-refractivity contribution in [1.29, 1.82) is 0 Å². The fourth-order valence-electron chi connectivity index (χ4n) is 4.54. The molecule has 3 aromatic rings. The number of nitrogens with zero attached hydrogens (tertiary/aromatic N) is 1. The Morgan fingerprint density at radius 3 is 2.32 bits per heavy atom. The number of hydrogen-bond donors (Lipinski definition) is 1. The molecule has 1 aliphatic heterocycles. The van der Waals surface area contributed by atoms with Crippen molar-refractivity contribution in [2.75, 3.05) is 25.5 Å². The lowest BCUT2D eigenvalue weighted by Gasteiger charge is -2.31. The van der Waals surface area contributed by atoms with E-state index in [4.69, 9.17) is 16.3 Å². The largest absolute Gasteiger partial charge is 0.495 e. The molecule has 0 unspecified atom stereocenters. The number of rotatable bonds is 8. The number of nitrogens with one attached hydrogen (secondary N) is 1. The van der Waals surface area contributed by atoms with E-state index in [2.05, 4.69) is 5.32 Å². The zero-order valence-corrected chi connectivity index (χ0v) is 23.2. The molecule has 1 fully saturated rings. The zero-order chi connectivity index (χ0) is 27.4. The van der Waals surface area contributed by atoms with Crippen LogP contribution in [0.25, 0.3) is 0 Å². The topological polar surface area (TPSA) is 92.8 Å². The third-order valence-corrected chi connectivity index (χ3v) is 8.97. The Hall–Kier alpha value is -3.20. The molecule has 0 saturated carbocycles. The standard InChI is InChI=1S/C29H31ClN2O5S/c1-19(2)22-9-12-26(37-3)27(17-22)38(35,36)32-15-13-21(14-16-32)29(34)31-25-11-10-23(30)18-24(25)28(33)20-7-5-4-6-8-20/h4-12,17-19,21H,13-16H2,1-3H3,(H,31,34). The number of halogens is 1. The van der Waals surface area contributed by atoms with Crippen LogP contribution >= 0.6 is 11.6 Å². The lowest BCUT2D eigenvalue weighted by atomic mass is 9.96. The molecule has 0 aliphatic carbocycles. The highest BCUT2D eigenvalue weighted by molar-refractivity contribution is 7.89. The van der Waals surface area contributed by atoms with Crippen molar-refractivity contribution < 1.29 is 22.7 Å². The quantitative estimate of drug-likeness (QED) is 0.358. The van der Waals surface area contributed by atoms with Gasteiger partial charge in [-0.1, -0.05) is 61.8 Å². The van der Waals surface area contributed by atoms with Crippen LogP contribution in [0.4, 0.5) is 5.69 Å². The van der Waals surface area contributed by atoms with E-state index in [-0.39, 0.29) is 35.6 Å². The van der Waals surface area contributed by atoms with Gasteiger partial charge in [0.05, 0.1) is 12.8 Å². The van der Waals surface area contributed by atoms with Gasteiger partial charge < -0.3 is 10.1 Å². The van der Waals surface area contributed by atoms with E-state index in [1.807, 2.05) is 26.0 Å². The first-order valence-electron chi connectivity index (χ1n) is 12.5. The number of ketones is 1. The summed E-state index contributed by atoms with van der Waals surface area (Å²) in [5.74, 6) is -0.447. The molecule has 0 aromatic heterocycles. The Balaban J connectivity index is 1.48. The summed E-state index contributed by atoms with van der Waals surface area (Å²) in [6.45, 7) is 4.40. The number of carbonyl (C=O) groups is 2. The number of ether oxygens (including phenoxy) is 1. The molecule has 200 valence electrons. The van der Waals surface area contributed by atoms with Crippen LogP contribution in [0.5, 0.6) is 5.75 Å². The van der Waals surface area contributed by atoms with E-state index in [0.29, 0.717) is 40.4 Å². The van der Waals surface area contributed by atoms with Crippen molar-refractivity contribution in [3.63, 3.8) is 0 Å². The summed E-state index contributed by atoms with van der Waals surface area (Å²) in [5.41, 5.74) is 2.07. The lowest BCUT2D eigenvalue weighted by molar-refractivity contribution is -0.120. The van der Waals surface area contributed by atoms with E-state index in [1.165, 1.54) is 11.4 Å². The number of hydrogen-bond acceptors (Lipinski definition) is 5. The average Bonchev–Trinajstić information content (AvgIpc) is 2.93. The van der Waals surface area contributed by atoms with Gasteiger partial charge in [0.15, 0.2) is 5.78 Å². The maximum atomic E-state index is 13.5. The predicted octanol–water partition coefficient (Wildman–Crippen LogP) is 5.74. The Bertz CT molecular complexity index is 1430. The Morgan fingerprint density at radius 1 is 1.00 bits per heavy atom. The monoisotopic (exact) mass is 554 g/mol. The summed E-state index contributed by atoms with van der Waals surface area (Å²) in [6.07, 6.45) is 0.708. The van der Waals surface area contributed by atoms with E-state index < -0.39 is 15.9 Å². The van der Waals surface area contributed by atoms with Gasteiger partial charge in [-0.2, -0.15) is 4.31 Å². The summed E-state index contributed by atoms with van der Waals surface area (Å²) in [7, 11) is -2.35. The van der Waals surface area contributed by atoms with Gasteiger partial charge >= 0.3 is 0 Å².